The lowest BCUT2D eigenvalue weighted by molar-refractivity contribution is -0.116. The first kappa shape index (κ1) is 21.8. The Balaban J connectivity index is 1.45. The Kier molecular flexibility index (Phi) is 6.45. The van der Waals surface area contributed by atoms with E-state index in [1.165, 1.54) is 24.3 Å². The molecule has 4 rings (SSSR count). The van der Waals surface area contributed by atoms with E-state index in [0.717, 1.165) is 17.0 Å². The molecular weight excluding hydrogens is 418 g/mol. The number of aromatic amines is 1. The minimum absolute atomic E-state index is 0.0513. The average Bonchev–Trinajstić information content (AvgIpc) is 3.26. The summed E-state index contributed by atoms with van der Waals surface area (Å²) in [5, 5.41) is 22.2. The number of phenolic OH excluding ortho intramolecular Hbond substituents is 1. The Morgan fingerprint density at radius 3 is 2.30 bits per heavy atom. The van der Waals surface area contributed by atoms with Crippen LogP contribution in [0.5, 0.6) is 5.75 Å². The van der Waals surface area contributed by atoms with Gasteiger partial charge in [0.2, 0.25) is 5.91 Å². The summed E-state index contributed by atoms with van der Waals surface area (Å²) < 4.78 is 0. The molecule has 8 nitrogen and oxygen atoms in total. The minimum atomic E-state index is -0.525. The minimum Gasteiger partial charge on any atom is -0.508 e. The van der Waals surface area contributed by atoms with Crippen molar-refractivity contribution in [1.29, 1.82) is 0 Å². The fourth-order valence-corrected chi connectivity index (χ4v) is 3.36. The number of amides is 2. The lowest BCUT2D eigenvalue weighted by Gasteiger charge is -2.19. The molecule has 3 aromatic carbocycles. The zero-order valence-corrected chi connectivity index (χ0v) is 17.9. The highest BCUT2D eigenvalue weighted by molar-refractivity contribution is 5.96. The summed E-state index contributed by atoms with van der Waals surface area (Å²) in [6, 6.07) is 22.0. The number of aryl methyl sites for hydroxylation is 1. The molecule has 4 aromatic rings. The fraction of sp³-hybridized carbons (Fsp3) is 0.120. The molecule has 0 radical (unpaired) electrons. The molecule has 0 saturated carbocycles. The number of carbonyl (C=O) groups excluding carboxylic acids is 2. The van der Waals surface area contributed by atoms with Crippen molar-refractivity contribution in [2.75, 3.05) is 5.32 Å². The molecule has 1 heterocycles. The van der Waals surface area contributed by atoms with Crippen LogP contribution >= 0.6 is 0 Å². The number of hydrogen-bond acceptors (Lipinski definition) is 5. The van der Waals surface area contributed by atoms with Crippen molar-refractivity contribution in [2.24, 2.45) is 0 Å². The number of H-pyrrole nitrogens is 1. The predicted octanol–water partition coefficient (Wildman–Crippen LogP) is 3.99. The Morgan fingerprint density at radius 1 is 0.970 bits per heavy atom. The van der Waals surface area contributed by atoms with Crippen LogP contribution in [0.25, 0.3) is 11.4 Å². The number of carbonyl (C=O) groups is 2. The quantitative estimate of drug-likeness (QED) is 0.346. The molecule has 0 aliphatic heterocycles. The first-order valence-corrected chi connectivity index (χ1v) is 10.4. The first-order valence-electron chi connectivity index (χ1n) is 10.4. The summed E-state index contributed by atoms with van der Waals surface area (Å²) in [6.45, 7) is 1.83. The third-order valence-corrected chi connectivity index (χ3v) is 5.05. The van der Waals surface area contributed by atoms with Gasteiger partial charge in [0.25, 0.3) is 5.91 Å². The molecule has 0 aliphatic carbocycles. The van der Waals surface area contributed by atoms with Crippen molar-refractivity contribution in [1.82, 2.24) is 20.5 Å². The number of rotatable bonds is 7. The highest BCUT2D eigenvalue weighted by atomic mass is 16.3. The lowest BCUT2D eigenvalue weighted by atomic mass is 10.0. The van der Waals surface area contributed by atoms with Crippen LogP contribution in [0.1, 0.15) is 34.2 Å². The normalized spacial score (nSPS) is 11.5. The molecule has 33 heavy (non-hydrogen) atoms. The summed E-state index contributed by atoms with van der Waals surface area (Å²) >= 11 is 0. The summed E-state index contributed by atoms with van der Waals surface area (Å²) in [5.41, 5.74) is 2.68. The maximum atomic E-state index is 12.8. The highest BCUT2D eigenvalue weighted by Crippen LogP contribution is 2.21. The number of hydrogen-bond donors (Lipinski definition) is 4. The van der Waals surface area contributed by atoms with Gasteiger partial charge in [-0.15, -0.1) is 0 Å². The van der Waals surface area contributed by atoms with E-state index in [1.807, 2.05) is 49.4 Å². The second-order valence-electron chi connectivity index (χ2n) is 7.56. The summed E-state index contributed by atoms with van der Waals surface area (Å²) in [6.07, 6.45) is 0.0513. The maximum Gasteiger partial charge on any atom is 0.251 e. The highest BCUT2D eigenvalue weighted by Gasteiger charge is 2.19. The van der Waals surface area contributed by atoms with E-state index in [2.05, 4.69) is 25.8 Å². The molecule has 4 N–H and O–H groups in total. The predicted molar refractivity (Wildman–Crippen MR) is 125 cm³/mol. The second-order valence-corrected chi connectivity index (χ2v) is 7.56. The van der Waals surface area contributed by atoms with Crippen LogP contribution in [0.15, 0.2) is 78.9 Å². The number of anilines is 1. The monoisotopic (exact) mass is 441 g/mol. The van der Waals surface area contributed by atoms with Crippen LogP contribution in [-0.2, 0) is 4.79 Å². The number of nitrogens with zero attached hydrogens (tertiary/aromatic N) is 2. The Labute approximate surface area is 190 Å². The van der Waals surface area contributed by atoms with Crippen molar-refractivity contribution >= 4 is 17.5 Å². The van der Waals surface area contributed by atoms with Gasteiger partial charge < -0.3 is 15.7 Å². The lowest BCUT2D eigenvalue weighted by Crippen LogP contribution is -2.31. The van der Waals surface area contributed by atoms with E-state index in [-0.39, 0.29) is 24.0 Å². The molecule has 0 aliphatic rings. The molecule has 166 valence electrons. The number of phenols is 1. The average molecular weight is 441 g/mol. The Bertz CT molecular complexity index is 1240. The molecule has 0 saturated heterocycles. The molecule has 8 heteroatoms. The number of nitrogens with one attached hydrogen (secondary N) is 3. The van der Waals surface area contributed by atoms with Gasteiger partial charge in [-0.1, -0.05) is 30.3 Å². The molecule has 0 fully saturated rings. The number of benzene rings is 3. The third kappa shape index (κ3) is 5.62. The molecule has 0 spiro atoms. The maximum absolute atomic E-state index is 12.8. The van der Waals surface area contributed by atoms with Gasteiger partial charge in [-0.25, -0.2) is 4.98 Å². The van der Waals surface area contributed by atoms with Crippen molar-refractivity contribution in [2.45, 2.75) is 19.4 Å². The standard InChI is InChI=1S/C25H23N5O3/c1-16-26-24(30-29-16)18-7-11-20(12-8-18)27-23(32)15-22(17-5-3-2-4-6-17)28-25(33)19-9-13-21(31)14-10-19/h2-14,22,31H,15H2,1H3,(H,27,32)(H,28,33)(H,26,29,30). The Morgan fingerprint density at radius 2 is 1.67 bits per heavy atom. The van der Waals surface area contributed by atoms with Crippen molar-refractivity contribution < 1.29 is 14.7 Å². The van der Waals surface area contributed by atoms with Crippen LogP contribution < -0.4 is 10.6 Å². The van der Waals surface area contributed by atoms with Crippen LogP contribution in [0.4, 0.5) is 5.69 Å². The Hall–Kier alpha value is -4.46. The van der Waals surface area contributed by atoms with Crippen LogP contribution in [0, 0.1) is 6.92 Å². The summed E-state index contributed by atoms with van der Waals surface area (Å²) in [7, 11) is 0. The van der Waals surface area contributed by atoms with Gasteiger partial charge in [0.05, 0.1) is 12.5 Å². The van der Waals surface area contributed by atoms with Gasteiger partial charge in [0.1, 0.15) is 11.6 Å². The van der Waals surface area contributed by atoms with Crippen molar-refractivity contribution in [3.05, 3.63) is 95.8 Å². The third-order valence-electron chi connectivity index (χ3n) is 5.05. The van der Waals surface area contributed by atoms with Crippen LogP contribution in [0.2, 0.25) is 0 Å². The van der Waals surface area contributed by atoms with Crippen molar-refractivity contribution in [3.8, 4) is 17.1 Å². The van der Waals surface area contributed by atoms with Gasteiger partial charge in [0, 0.05) is 16.8 Å². The van der Waals surface area contributed by atoms with Crippen LogP contribution in [-0.4, -0.2) is 32.1 Å². The van der Waals surface area contributed by atoms with Crippen molar-refractivity contribution in [3.63, 3.8) is 0 Å². The van der Waals surface area contributed by atoms with Gasteiger partial charge in [-0.3, -0.25) is 14.7 Å². The molecular formula is C25H23N5O3. The van der Waals surface area contributed by atoms with Gasteiger partial charge >= 0.3 is 0 Å². The van der Waals surface area contributed by atoms with E-state index in [4.69, 9.17) is 0 Å². The summed E-state index contributed by atoms with van der Waals surface area (Å²) in [5.74, 6) is 0.823. The molecule has 1 aromatic heterocycles. The van der Waals surface area contributed by atoms with E-state index in [9.17, 15) is 14.7 Å². The van der Waals surface area contributed by atoms with Gasteiger partial charge in [-0.05, 0) is 61.0 Å². The second kappa shape index (κ2) is 9.78. The summed E-state index contributed by atoms with van der Waals surface area (Å²) in [4.78, 5) is 29.8. The number of aromatic hydroxyl groups is 1. The SMILES string of the molecule is Cc1nc(-c2ccc(NC(=O)CC(NC(=O)c3ccc(O)cc3)c3ccccc3)cc2)n[nH]1. The van der Waals surface area contributed by atoms with Crippen LogP contribution in [0.3, 0.4) is 0 Å². The molecule has 1 unspecified atom stereocenters. The fourth-order valence-electron chi connectivity index (χ4n) is 3.36. The smallest absolute Gasteiger partial charge is 0.251 e. The van der Waals surface area contributed by atoms with E-state index in [0.29, 0.717) is 17.1 Å². The topological polar surface area (TPSA) is 120 Å². The molecule has 0 bridgehead atoms. The van der Waals surface area contributed by atoms with E-state index >= 15 is 0 Å². The zero-order valence-electron chi connectivity index (χ0n) is 17.9. The molecule has 1 atom stereocenters. The first-order chi connectivity index (χ1) is 16.0. The largest absolute Gasteiger partial charge is 0.508 e. The van der Waals surface area contributed by atoms with Gasteiger partial charge in [0.15, 0.2) is 5.82 Å². The van der Waals surface area contributed by atoms with E-state index in [1.54, 1.807) is 12.1 Å². The van der Waals surface area contributed by atoms with Gasteiger partial charge in [-0.2, -0.15) is 5.10 Å². The molecule has 2 amide bonds. The zero-order chi connectivity index (χ0) is 23.2. The van der Waals surface area contributed by atoms with E-state index < -0.39 is 6.04 Å². The number of aromatic nitrogens is 3.